The fraction of sp³-hybridized carbons (Fsp3) is 0.455. The van der Waals surface area contributed by atoms with E-state index in [2.05, 4.69) is 11.9 Å². The molecule has 0 amide bonds. The molecule has 0 aliphatic carbocycles. The van der Waals surface area contributed by atoms with Gasteiger partial charge >= 0.3 is 0 Å². The zero-order valence-corrected chi connectivity index (χ0v) is 8.74. The number of nitriles is 1. The van der Waals surface area contributed by atoms with Gasteiger partial charge in [0, 0.05) is 12.3 Å². The van der Waals surface area contributed by atoms with Crippen molar-refractivity contribution in [2.75, 3.05) is 0 Å². The molecule has 1 aromatic rings. The lowest BCUT2D eigenvalue weighted by molar-refractivity contribution is 0.105. The summed E-state index contributed by atoms with van der Waals surface area (Å²) in [5.74, 6) is 0.698. The van der Waals surface area contributed by atoms with E-state index in [9.17, 15) is 0 Å². The average Bonchev–Trinajstić information content (AvgIpc) is 2.17. The van der Waals surface area contributed by atoms with Gasteiger partial charge in [0.25, 0.3) is 0 Å². The molecule has 0 aliphatic rings. The fourth-order valence-corrected chi connectivity index (χ4v) is 0.927. The van der Waals surface area contributed by atoms with Crippen LogP contribution >= 0.6 is 0 Å². The first-order chi connectivity index (χ1) is 6.57. The molecule has 0 atom stereocenters. The number of hydrogen-bond acceptors (Lipinski definition) is 3. The molecule has 0 saturated carbocycles. The molecule has 74 valence electrons. The van der Waals surface area contributed by atoms with Crippen molar-refractivity contribution < 1.29 is 4.74 Å². The summed E-state index contributed by atoms with van der Waals surface area (Å²) >= 11 is 0. The second kappa shape index (κ2) is 4.10. The van der Waals surface area contributed by atoms with Crippen LogP contribution in [0.3, 0.4) is 0 Å². The number of pyridine rings is 1. The predicted octanol–water partition coefficient (Wildman–Crippen LogP) is 2.52. The number of ether oxygens (including phenoxy) is 1. The maximum atomic E-state index is 8.65. The Morgan fingerprint density at radius 3 is 2.86 bits per heavy atom. The summed E-state index contributed by atoms with van der Waals surface area (Å²) in [5, 5.41) is 8.65. The van der Waals surface area contributed by atoms with Crippen LogP contribution in [0.4, 0.5) is 0 Å². The van der Waals surface area contributed by atoms with Gasteiger partial charge in [-0.05, 0) is 26.3 Å². The Balaban J connectivity index is 2.83. The van der Waals surface area contributed by atoms with Gasteiger partial charge in [0.1, 0.15) is 23.1 Å². The fourth-order valence-electron chi connectivity index (χ4n) is 0.927. The maximum absolute atomic E-state index is 8.65. The first kappa shape index (κ1) is 10.5. The van der Waals surface area contributed by atoms with E-state index in [1.54, 1.807) is 18.3 Å². The van der Waals surface area contributed by atoms with Crippen LogP contribution in [-0.4, -0.2) is 10.6 Å². The Morgan fingerprint density at radius 2 is 2.29 bits per heavy atom. The maximum Gasteiger partial charge on any atom is 0.144 e. The minimum absolute atomic E-state index is 0.200. The molecule has 0 aromatic carbocycles. The van der Waals surface area contributed by atoms with Gasteiger partial charge in [-0.15, -0.1) is 0 Å². The van der Waals surface area contributed by atoms with Gasteiger partial charge in [-0.3, -0.25) is 0 Å². The highest BCUT2D eigenvalue weighted by molar-refractivity contribution is 5.30. The number of aromatic nitrogens is 1. The summed E-state index contributed by atoms with van der Waals surface area (Å²) in [7, 11) is 0. The zero-order valence-electron chi connectivity index (χ0n) is 8.74. The van der Waals surface area contributed by atoms with Crippen molar-refractivity contribution in [3.63, 3.8) is 0 Å². The van der Waals surface area contributed by atoms with E-state index in [-0.39, 0.29) is 5.60 Å². The predicted molar refractivity (Wildman–Crippen MR) is 54.0 cm³/mol. The van der Waals surface area contributed by atoms with Crippen LogP contribution in [0.15, 0.2) is 18.3 Å². The molecule has 0 aliphatic heterocycles. The lowest BCUT2D eigenvalue weighted by Crippen LogP contribution is -2.26. The van der Waals surface area contributed by atoms with Gasteiger partial charge in [0.05, 0.1) is 0 Å². The first-order valence-electron chi connectivity index (χ1n) is 4.62. The SMILES string of the molecule is CCC(C)(C)Oc1ccnc(C#N)c1. The molecular formula is C11H14N2O. The first-order valence-corrected chi connectivity index (χ1v) is 4.62. The van der Waals surface area contributed by atoms with Crippen LogP contribution in [0.5, 0.6) is 5.75 Å². The summed E-state index contributed by atoms with van der Waals surface area (Å²) in [4.78, 5) is 3.87. The Bertz CT molecular complexity index is 353. The molecule has 0 spiro atoms. The molecule has 1 rings (SSSR count). The molecule has 0 unspecified atom stereocenters. The van der Waals surface area contributed by atoms with Crippen molar-refractivity contribution in [1.82, 2.24) is 4.98 Å². The van der Waals surface area contributed by atoms with E-state index in [4.69, 9.17) is 10.00 Å². The monoisotopic (exact) mass is 190 g/mol. The Hall–Kier alpha value is -1.56. The van der Waals surface area contributed by atoms with Gasteiger partial charge in [-0.2, -0.15) is 5.26 Å². The van der Waals surface area contributed by atoms with Crippen molar-refractivity contribution in [1.29, 1.82) is 5.26 Å². The largest absolute Gasteiger partial charge is 0.488 e. The molecule has 14 heavy (non-hydrogen) atoms. The zero-order chi connectivity index (χ0) is 10.6. The molecule has 0 saturated heterocycles. The molecule has 0 radical (unpaired) electrons. The molecule has 0 fully saturated rings. The molecule has 3 nitrogen and oxygen atoms in total. The van der Waals surface area contributed by atoms with Gasteiger partial charge in [0.15, 0.2) is 0 Å². The van der Waals surface area contributed by atoms with Crippen LogP contribution in [-0.2, 0) is 0 Å². The van der Waals surface area contributed by atoms with Crippen molar-refractivity contribution in [3.8, 4) is 11.8 Å². The van der Waals surface area contributed by atoms with E-state index in [0.29, 0.717) is 11.4 Å². The minimum atomic E-state index is -0.200. The number of hydrogen-bond donors (Lipinski definition) is 0. The molecule has 3 heteroatoms. The van der Waals surface area contributed by atoms with Crippen molar-refractivity contribution in [3.05, 3.63) is 24.0 Å². The normalized spacial score (nSPS) is 10.7. The standard InChI is InChI=1S/C11H14N2O/c1-4-11(2,3)14-10-5-6-13-9(7-10)8-12/h5-7H,4H2,1-3H3. The smallest absolute Gasteiger partial charge is 0.144 e. The topological polar surface area (TPSA) is 45.9 Å². The van der Waals surface area contributed by atoms with Crippen LogP contribution in [0.1, 0.15) is 32.9 Å². The van der Waals surface area contributed by atoms with E-state index in [1.165, 1.54) is 0 Å². The summed E-state index contributed by atoms with van der Waals surface area (Å²) < 4.78 is 5.70. The molecule has 0 bridgehead atoms. The third-order valence-electron chi connectivity index (χ3n) is 2.09. The second-order valence-electron chi connectivity index (χ2n) is 3.70. The molecule has 0 N–H and O–H groups in total. The van der Waals surface area contributed by atoms with E-state index in [1.807, 2.05) is 19.9 Å². The van der Waals surface area contributed by atoms with Crippen LogP contribution < -0.4 is 4.74 Å². The summed E-state index contributed by atoms with van der Waals surface area (Å²) in [6.07, 6.45) is 2.50. The minimum Gasteiger partial charge on any atom is -0.488 e. The van der Waals surface area contributed by atoms with Crippen LogP contribution in [0, 0.1) is 11.3 Å². The van der Waals surface area contributed by atoms with Gasteiger partial charge in [-0.1, -0.05) is 6.92 Å². The number of rotatable bonds is 3. The van der Waals surface area contributed by atoms with Gasteiger partial charge in [0.2, 0.25) is 0 Å². The average molecular weight is 190 g/mol. The highest BCUT2D eigenvalue weighted by atomic mass is 16.5. The Morgan fingerprint density at radius 1 is 1.57 bits per heavy atom. The van der Waals surface area contributed by atoms with Gasteiger partial charge < -0.3 is 4.74 Å². The second-order valence-corrected chi connectivity index (χ2v) is 3.70. The van der Waals surface area contributed by atoms with E-state index < -0.39 is 0 Å². The lowest BCUT2D eigenvalue weighted by Gasteiger charge is -2.24. The Kier molecular flexibility index (Phi) is 3.08. The van der Waals surface area contributed by atoms with E-state index >= 15 is 0 Å². The van der Waals surface area contributed by atoms with Gasteiger partial charge in [-0.25, -0.2) is 4.98 Å². The third kappa shape index (κ3) is 2.74. The summed E-state index contributed by atoms with van der Waals surface area (Å²) in [5.41, 5.74) is 0.183. The Labute approximate surface area is 84.3 Å². The molecule has 1 heterocycles. The van der Waals surface area contributed by atoms with Crippen molar-refractivity contribution >= 4 is 0 Å². The van der Waals surface area contributed by atoms with Crippen molar-refractivity contribution in [2.45, 2.75) is 32.8 Å². The quantitative estimate of drug-likeness (QED) is 0.735. The van der Waals surface area contributed by atoms with Crippen LogP contribution in [0.2, 0.25) is 0 Å². The highest BCUT2D eigenvalue weighted by Gasteiger charge is 2.16. The highest BCUT2D eigenvalue weighted by Crippen LogP contribution is 2.20. The third-order valence-corrected chi connectivity index (χ3v) is 2.09. The summed E-state index contributed by atoms with van der Waals surface area (Å²) in [6.45, 7) is 6.09. The molecule has 1 aromatic heterocycles. The molecular weight excluding hydrogens is 176 g/mol. The van der Waals surface area contributed by atoms with E-state index in [0.717, 1.165) is 6.42 Å². The lowest BCUT2D eigenvalue weighted by atomic mass is 10.1. The number of nitrogens with zero attached hydrogens (tertiary/aromatic N) is 2. The van der Waals surface area contributed by atoms with Crippen LogP contribution in [0.25, 0.3) is 0 Å². The summed E-state index contributed by atoms with van der Waals surface area (Å²) in [6, 6.07) is 5.39. The van der Waals surface area contributed by atoms with Crippen molar-refractivity contribution in [2.24, 2.45) is 0 Å².